The summed E-state index contributed by atoms with van der Waals surface area (Å²) in [5.74, 6) is 1.96. The van der Waals surface area contributed by atoms with Crippen LogP contribution in [0.5, 0.6) is 5.75 Å². The fourth-order valence-electron chi connectivity index (χ4n) is 2.13. The average molecular weight is 310 g/mol. The number of fused-ring (bicyclic) bond motifs is 1. The van der Waals surface area contributed by atoms with Gasteiger partial charge in [-0.05, 0) is 18.1 Å². The number of carbonyl (C=O) groups is 1. The molecule has 2 aromatic rings. The Hall–Kier alpha value is -1.75. The third kappa shape index (κ3) is 3.47. The lowest BCUT2D eigenvalue weighted by molar-refractivity contribution is -0.121. The van der Waals surface area contributed by atoms with Crippen molar-refractivity contribution in [1.29, 1.82) is 0 Å². The van der Waals surface area contributed by atoms with E-state index in [0.717, 1.165) is 11.0 Å². The standard InChI is InChI=1S/C15H20ClN3O2/c1-10(2)8-17-14(20)9-19-11-5-4-6-12(21-3)15(11)18-13(19)7-16/h4-6,10H,7-9H2,1-3H3,(H,17,20). The normalized spacial score (nSPS) is 11.1. The fraction of sp³-hybridized carbons (Fsp3) is 0.467. The second-order valence-electron chi connectivity index (χ2n) is 5.27. The van der Waals surface area contributed by atoms with Gasteiger partial charge in [0.25, 0.3) is 0 Å². The van der Waals surface area contributed by atoms with Gasteiger partial charge >= 0.3 is 0 Å². The Morgan fingerprint density at radius 2 is 2.24 bits per heavy atom. The molecule has 1 heterocycles. The summed E-state index contributed by atoms with van der Waals surface area (Å²) >= 11 is 5.95. The molecule has 0 bridgehead atoms. The van der Waals surface area contributed by atoms with E-state index in [1.807, 2.05) is 22.8 Å². The van der Waals surface area contributed by atoms with E-state index in [2.05, 4.69) is 24.1 Å². The van der Waals surface area contributed by atoms with E-state index in [0.29, 0.717) is 24.0 Å². The van der Waals surface area contributed by atoms with Crippen LogP contribution in [-0.2, 0) is 17.2 Å². The van der Waals surface area contributed by atoms with Crippen molar-refractivity contribution < 1.29 is 9.53 Å². The van der Waals surface area contributed by atoms with Crippen molar-refractivity contribution in [2.24, 2.45) is 5.92 Å². The number of ether oxygens (including phenoxy) is 1. The van der Waals surface area contributed by atoms with Crippen LogP contribution in [-0.4, -0.2) is 29.1 Å². The maximum atomic E-state index is 12.0. The van der Waals surface area contributed by atoms with Gasteiger partial charge in [0.1, 0.15) is 23.6 Å². The molecule has 6 heteroatoms. The summed E-state index contributed by atoms with van der Waals surface area (Å²) in [4.78, 5) is 16.5. The summed E-state index contributed by atoms with van der Waals surface area (Å²) in [5, 5.41) is 2.90. The van der Waals surface area contributed by atoms with Crippen molar-refractivity contribution in [3.8, 4) is 5.75 Å². The van der Waals surface area contributed by atoms with Crippen molar-refractivity contribution in [3.63, 3.8) is 0 Å². The van der Waals surface area contributed by atoms with Crippen LogP contribution in [0, 0.1) is 5.92 Å². The lowest BCUT2D eigenvalue weighted by atomic mass is 10.2. The minimum atomic E-state index is -0.0443. The van der Waals surface area contributed by atoms with Gasteiger partial charge in [-0.1, -0.05) is 19.9 Å². The molecular weight excluding hydrogens is 290 g/mol. The fourth-order valence-corrected chi connectivity index (χ4v) is 2.33. The van der Waals surface area contributed by atoms with Gasteiger partial charge < -0.3 is 14.6 Å². The van der Waals surface area contributed by atoms with Gasteiger partial charge in [-0.15, -0.1) is 11.6 Å². The Morgan fingerprint density at radius 3 is 2.86 bits per heavy atom. The Morgan fingerprint density at radius 1 is 1.48 bits per heavy atom. The van der Waals surface area contributed by atoms with E-state index < -0.39 is 0 Å². The average Bonchev–Trinajstić information content (AvgIpc) is 2.83. The van der Waals surface area contributed by atoms with E-state index in [9.17, 15) is 4.79 Å². The SMILES string of the molecule is COc1cccc2c1nc(CCl)n2CC(=O)NCC(C)C. The summed E-state index contributed by atoms with van der Waals surface area (Å²) in [5.41, 5.74) is 1.58. The van der Waals surface area contributed by atoms with Crippen molar-refractivity contribution >= 4 is 28.5 Å². The Labute approximate surface area is 129 Å². The van der Waals surface area contributed by atoms with Crippen LogP contribution in [0.1, 0.15) is 19.7 Å². The number of benzene rings is 1. The Bertz CT molecular complexity index is 637. The Balaban J connectivity index is 2.32. The molecule has 1 aromatic carbocycles. The number of amides is 1. The van der Waals surface area contributed by atoms with E-state index in [4.69, 9.17) is 16.3 Å². The quantitative estimate of drug-likeness (QED) is 0.834. The first-order valence-corrected chi connectivity index (χ1v) is 7.45. The lowest BCUT2D eigenvalue weighted by Gasteiger charge is -2.10. The molecule has 2 rings (SSSR count). The summed E-state index contributed by atoms with van der Waals surface area (Å²) in [6, 6.07) is 5.64. The van der Waals surface area contributed by atoms with Crippen LogP contribution < -0.4 is 10.1 Å². The first-order valence-electron chi connectivity index (χ1n) is 6.91. The number of aromatic nitrogens is 2. The zero-order chi connectivity index (χ0) is 15.4. The molecule has 0 radical (unpaired) electrons. The first kappa shape index (κ1) is 15.6. The van der Waals surface area contributed by atoms with Gasteiger partial charge in [-0.3, -0.25) is 4.79 Å². The van der Waals surface area contributed by atoms with Crippen molar-refractivity contribution in [3.05, 3.63) is 24.0 Å². The molecule has 0 spiro atoms. The number of methoxy groups -OCH3 is 1. The topological polar surface area (TPSA) is 56.2 Å². The second kappa shape index (κ2) is 6.80. The largest absolute Gasteiger partial charge is 0.494 e. The van der Waals surface area contributed by atoms with Gasteiger partial charge in [-0.25, -0.2) is 4.98 Å². The highest BCUT2D eigenvalue weighted by Gasteiger charge is 2.15. The summed E-state index contributed by atoms with van der Waals surface area (Å²) in [6.45, 7) is 4.98. The smallest absolute Gasteiger partial charge is 0.240 e. The summed E-state index contributed by atoms with van der Waals surface area (Å²) < 4.78 is 7.14. The minimum Gasteiger partial charge on any atom is -0.494 e. The number of hydrogen-bond donors (Lipinski definition) is 1. The minimum absolute atomic E-state index is 0.0443. The number of nitrogens with zero attached hydrogens (tertiary/aromatic N) is 2. The predicted octanol–water partition coefficient (Wildman–Crippen LogP) is 2.56. The van der Waals surface area contributed by atoms with Crippen molar-refractivity contribution in [2.75, 3.05) is 13.7 Å². The maximum absolute atomic E-state index is 12.0. The summed E-state index contributed by atoms with van der Waals surface area (Å²) in [6.07, 6.45) is 0. The first-order chi connectivity index (χ1) is 10.1. The van der Waals surface area contributed by atoms with E-state index in [1.165, 1.54) is 0 Å². The number of imidazole rings is 1. The Kier molecular flexibility index (Phi) is 5.07. The number of halogens is 1. The maximum Gasteiger partial charge on any atom is 0.240 e. The van der Waals surface area contributed by atoms with Crippen molar-refractivity contribution in [2.45, 2.75) is 26.3 Å². The van der Waals surface area contributed by atoms with Crippen LogP contribution in [0.15, 0.2) is 18.2 Å². The number of hydrogen-bond acceptors (Lipinski definition) is 3. The molecule has 1 amide bonds. The third-order valence-corrected chi connectivity index (χ3v) is 3.41. The molecule has 21 heavy (non-hydrogen) atoms. The van der Waals surface area contributed by atoms with Crippen LogP contribution in [0.3, 0.4) is 0 Å². The van der Waals surface area contributed by atoms with Gasteiger partial charge in [0.2, 0.25) is 5.91 Å². The molecular formula is C15H20ClN3O2. The highest BCUT2D eigenvalue weighted by molar-refractivity contribution is 6.17. The molecule has 0 fully saturated rings. The molecule has 0 aliphatic heterocycles. The molecule has 0 aliphatic rings. The zero-order valence-corrected chi connectivity index (χ0v) is 13.3. The molecule has 0 aliphatic carbocycles. The van der Waals surface area contributed by atoms with Gasteiger partial charge in [0.15, 0.2) is 0 Å². The molecule has 1 aromatic heterocycles. The van der Waals surface area contributed by atoms with E-state index >= 15 is 0 Å². The highest BCUT2D eigenvalue weighted by Crippen LogP contribution is 2.26. The monoisotopic (exact) mass is 309 g/mol. The predicted molar refractivity (Wildman–Crippen MR) is 83.7 cm³/mol. The second-order valence-corrected chi connectivity index (χ2v) is 5.54. The molecule has 5 nitrogen and oxygen atoms in total. The zero-order valence-electron chi connectivity index (χ0n) is 12.5. The molecule has 0 atom stereocenters. The molecule has 1 N–H and O–H groups in total. The molecule has 0 unspecified atom stereocenters. The number of rotatable bonds is 6. The van der Waals surface area contributed by atoms with Crippen molar-refractivity contribution in [1.82, 2.24) is 14.9 Å². The van der Waals surface area contributed by atoms with Gasteiger partial charge in [0, 0.05) is 6.54 Å². The summed E-state index contributed by atoms with van der Waals surface area (Å²) in [7, 11) is 1.60. The number of para-hydroxylation sites is 1. The van der Waals surface area contributed by atoms with Crippen LogP contribution in [0.4, 0.5) is 0 Å². The number of carbonyl (C=O) groups excluding carboxylic acids is 1. The molecule has 0 saturated heterocycles. The number of nitrogens with one attached hydrogen (secondary N) is 1. The van der Waals surface area contributed by atoms with Crippen LogP contribution >= 0.6 is 11.6 Å². The van der Waals surface area contributed by atoms with E-state index in [1.54, 1.807) is 7.11 Å². The van der Waals surface area contributed by atoms with E-state index in [-0.39, 0.29) is 18.3 Å². The lowest BCUT2D eigenvalue weighted by Crippen LogP contribution is -2.31. The highest BCUT2D eigenvalue weighted by atomic mass is 35.5. The van der Waals surface area contributed by atoms with Crippen LogP contribution in [0.2, 0.25) is 0 Å². The van der Waals surface area contributed by atoms with Crippen LogP contribution in [0.25, 0.3) is 11.0 Å². The number of alkyl halides is 1. The van der Waals surface area contributed by atoms with Gasteiger partial charge in [-0.2, -0.15) is 0 Å². The van der Waals surface area contributed by atoms with Gasteiger partial charge in [0.05, 0.1) is 18.5 Å². The molecule has 114 valence electrons. The third-order valence-electron chi connectivity index (χ3n) is 3.17. The molecule has 0 saturated carbocycles.